The fourth-order valence-electron chi connectivity index (χ4n) is 2.65. The summed E-state index contributed by atoms with van der Waals surface area (Å²) in [6.45, 7) is 6.08. The van der Waals surface area contributed by atoms with Gasteiger partial charge in [0.25, 0.3) is 0 Å². The maximum absolute atomic E-state index is 12.1. The van der Waals surface area contributed by atoms with Crippen LogP contribution in [0.1, 0.15) is 22.3 Å². The number of carbonyl (C=O) groups excluding carboxylic acids is 1. The molecule has 0 aliphatic heterocycles. The van der Waals surface area contributed by atoms with Gasteiger partial charge in [0.15, 0.2) is 9.84 Å². The topological polar surface area (TPSA) is 75.3 Å². The number of benzene rings is 2. The highest BCUT2D eigenvalue weighted by Gasteiger charge is 2.18. The highest BCUT2D eigenvalue weighted by atomic mass is 32.2. The van der Waals surface area contributed by atoms with E-state index < -0.39 is 9.84 Å². The molecule has 6 heteroatoms. The van der Waals surface area contributed by atoms with Gasteiger partial charge >= 0.3 is 0 Å². The molecule has 0 atom stereocenters. The maximum Gasteiger partial charge on any atom is 0.239 e. The average molecular weight is 360 g/mol. The van der Waals surface area contributed by atoms with Crippen LogP contribution >= 0.6 is 0 Å². The van der Waals surface area contributed by atoms with E-state index in [1.807, 2.05) is 44.2 Å². The predicted octanol–water partition coefficient (Wildman–Crippen LogP) is 2.74. The molecule has 0 radical (unpaired) electrons. The molecular weight excluding hydrogens is 336 g/mol. The number of nitrogens with one attached hydrogen (secondary N) is 2. The summed E-state index contributed by atoms with van der Waals surface area (Å²) in [6, 6.07) is 11.4. The number of carbonyl (C=O) groups is 1. The normalized spacial score (nSPS) is 11.2. The average Bonchev–Trinajstić information content (AvgIpc) is 2.54. The Balaban J connectivity index is 2.05. The van der Waals surface area contributed by atoms with E-state index in [1.54, 1.807) is 13.0 Å². The summed E-state index contributed by atoms with van der Waals surface area (Å²) >= 11 is 0. The Labute approximate surface area is 149 Å². The number of aryl methyl sites for hydroxylation is 2. The quantitative estimate of drug-likeness (QED) is 0.831. The summed E-state index contributed by atoms with van der Waals surface area (Å²) in [4.78, 5) is 12.3. The van der Waals surface area contributed by atoms with Crippen molar-refractivity contribution in [3.8, 4) is 0 Å². The first kappa shape index (κ1) is 19.0. The molecule has 0 aromatic heterocycles. The Kier molecular flexibility index (Phi) is 5.85. The number of hydrogen-bond donors (Lipinski definition) is 2. The third-order valence-electron chi connectivity index (χ3n) is 4.22. The Morgan fingerprint density at radius 3 is 2.32 bits per heavy atom. The van der Waals surface area contributed by atoms with Gasteiger partial charge in [0.1, 0.15) is 0 Å². The van der Waals surface area contributed by atoms with Crippen molar-refractivity contribution in [3.05, 3.63) is 58.7 Å². The van der Waals surface area contributed by atoms with Crippen molar-refractivity contribution in [1.29, 1.82) is 0 Å². The van der Waals surface area contributed by atoms with E-state index in [9.17, 15) is 13.2 Å². The molecule has 0 saturated heterocycles. The summed E-state index contributed by atoms with van der Waals surface area (Å²) in [5.41, 5.74) is 4.22. The SMILES string of the molecule is Cc1ccccc1CNC(=O)CNc1ccc(C)c(C)c1S(C)(=O)=O. The molecule has 0 aliphatic rings. The first-order valence-electron chi connectivity index (χ1n) is 8.05. The second-order valence-corrected chi connectivity index (χ2v) is 8.17. The fourth-order valence-corrected chi connectivity index (χ4v) is 3.90. The molecule has 2 N–H and O–H groups in total. The third kappa shape index (κ3) is 4.82. The molecule has 0 saturated carbocycles. The van der Waals surface area contributed by atoms with Crippen molar-refractivity contribution in [3.63, 3.8) is 0 Å². The molecule has 0 heterocycles. The lowest BCUT2D eigenvalue weighted by Gasteiger charge is -2.15. The molecule has 0 aliphatic carbocycles. The molecule has 2 rings (SSSR count). The molecule has 0 unspecified atom stereocenters. The van der Waals surface area contributed by atoms with Crippen LogP contribution in [0.3, 0.4) is 0 Å². The molecule has 0 spiro atoms. The Hall–Kier alpha value is -2.34. The van der Waals surface area contributed by atoms with Gasteiger partial charge in [-0.25, -0.2) is 8.42 Å². The van der Waals surface area contributed by atoms with Crippen LogP contribution in [0, 0.1) is 20.8 Å². The van der Waals surface area contributed by atoms with Crippen molar-refractivity contribution in [1.82, 2.24) is 5.32 Å². The third-order valence-corrected chi connectivity index (χ3v) is 5.49. The van der Waals surface area contributed by atoms with Crippen molar-refractivity contribution in [2.45, 2.75) is 32.2 Å². The second kappa shape index (κ2) is 7.70. The lowest BCUT2D eigenvalue weighted by molar-refractivity contribution is -0.119. The maximum atomic E-state index is 12.1. The van der Waals surface area contributed by atoms with Crippen LogP contribution < -0.4 is 10.6 Å². The van der Waals surface area contributed by atoms with Crippen molar-refractivity contribution in [2.24, 2.45) is 0 Å². The van der Waals surface area contributed by atoms with Crippen LogP contribution in [-0.4, -0.2) is 27.1 Å². The minimum absolute atomic E-state index is 0.0108. The molecule has 0 bridgehead atoms. The molecular formula is C19H24N2O3S. The first-order chi connectivity index (χ1) is 11.7. The number of amides is 1. The van der Waals surface area contributed by atoms with Gasteiger partial charge in [-0.2, -0.15) is 0 Å². The summed E-state index contributed by atoms with van der Waals surface area (Å²) in [6.07, 6.45) is 1.18. The zero-order valence-corrected chi connectivity index (χ0v) is 15.8. The minimum atomic E-state index is -3.39. The van der Waals surface area contributed by atoms with Crippen LogP contribution in [-0.2, 0) is 21.2 Å². The number of hydrogen-bond acceptors (Lipinski definition) is 4. The summed E-state index contributed by atoms with van der Waals surface area (Å²) in [5, 5.41) is 5.79. The van der Waals surface area contributed by atoms with Crippen LogP contribution in [0.4, 0.5) is 5.69 Å². The molecule has 25 heavy (non-hydrogen) atoms. The van der Waals surface area contributed by atoms with Crippen LogP contribution in [0.5, 0.6) is 0 Å². The van der Waals surface area contributed by atoms with E-state index in [2.05, 4.69) is 10.6 Å². The standard InChI is InChI=1S/C19H24N2O3S/c1-13-9-10-17(19(15(13)3)25(4,23)24)20-12-18(22)21-11-16-8-6-5-7-14(16)2/h5-10,20H,11-12H2,1-4H3,(H,21,22). The molecule has 2 aromatic rings. The Morgan fingerprint density at radius 1 is 1.00 bits per heavy atom. The van der Waals surface area contributed by atoms with E-state index in [4.69, 9.17) is 0 Å². The van der Waals surface area contributed by atoms with Gasteiger partial charge in [-0.05, 0) is 49.1 Å². The van der Waals surface area contributed by atoms with E-state index >= 15 is 0 Å². The zero-order valence-electron chi connectivity index (χ0n) is 15.0. The summed E-state index contributed by atoms with van der Waals surface area (Å²) in [7, 11) is -3.39. The lowest BCUT2D eigenvalue weighted by Crippen LogP contribution is -2.30. The Bertz CT molecular complexity index is 890. The second-order valence-electron chi connectivity index (χ2n) is 6.21. The highest BCUT2D eigenvalue weighted by Crippen LogP contribution is 2.27. The molecule has 134 valence electrons. The minimum Gasteiger partial charge on any atom is -0.375 e. The van der Waals surface area contributed by atoms with Gasteiger partial charge in [-0.1, -0.05) is 30.3 Å². The van der Waals surface area contributed by atoms with Crippen LogP contribution in [0.15, 0.2) is 41.3 Å². The summed E-state index contributed by atoms with van der Waals surface area (Å²) < 4.78 is 24.2. The van der Waals surface area contributed by atoms with Gasteiger partial charge < -0.3 is 10.6 Å². The number of anilines is 1. The van der Waals surface area contributed by atoms with E-state index in [0.717, 1.165) is 16.7 Å². The molecule has 5 nitrogen and oxygen atoms in total. The van der Waals surface area contributed by atoms with Crippen molar-refractivity contribution in [2.75, 3.05) is 18.1 Å². The number of sulfone groups is 1. The highest BCUT2D eigenvalue weighted by molar-refractivity contribution is 7.91. The smallest absolute Gasteiger partial charge is 0.239 e. The van der Waals surface area contributed by atoms with E-state index in [0.29, 0.717) is 17.8 Å². The fraction of sp³-hybridized carbons (Fsp3) is 0.316. The van der Waals surface area contributed by atoms with Gasteiger partial charge in [-0.3, -0.25) is 4.79 Å². The first-order valence-corrected chi connectivity index (χ1v) is 9.94. The van der Waals surface area contributed by atoms with Gasteiger partial charge in [0.05, 0.1) is 17.1 Å². The van der Waals surface area contributed by atoms with E-state index in [1.165, 1.54) is 6.26 Å². The van der Waals surface area contributed by atoms with Gasteiger partial charge in [-0.15, -0.1) is 0 Å². The van der Waals surface area contributed by atoms with Gasteiger partial charge in [0.2, 0.25) is 5.91 Å². The molecule has 2 aromatic carbocycles. The summed E-state index contributed by atoms with van der Waals surface area (Å²) in [5.74, 6) is -0.194. The lowest BCUT2D eigenvalue weighted by atomic mass is 10.1. The monoisotopic (exact) mass is 360 g/mol. The van der Waals surface area contributed by atoms with E-state index in [-0.39, 0.29) is 17.3 Å². The molecule has 0 fully saturated rings. The predicted molar refractivity (Wildman–Crippen MR) is 101 cm³/mol. The van der Waals surface area contributed by atoms with Gasteiger partial charge in [0, 0.05) is 12.8 Å². The largest absolute Gasteiger partial charge is 0.375 e. The van der Waals surface area contributed by atoms with Crippen molar-refractivity contribution >= 4 is 21.4 Å². The zero-order chi connectivity index (χ0) is 18.6. The van der Waals surface area contributed by atoms with Crippen LogP contribution in [0.2, 0.25) is 0 Å². The number of rotatable bonds is 6. The Morgan fingerprint density at radius 2 is 1.68 bits per heavy atom. The molecule has 1 amide bonds. The van der Waals surface area contributed by atoms with Crippen molar-refractivity contribution < 1.29 is 13.2 Å². The van der Waals surface area contributed by atoms with Crippen LogP contribution in [0.25, 0.3) is 0 Å².